The molecule has 1 aliphatic carbocycles. The van der Waals surface area contributed by atoms with Crippen molar-refractivity contribution in [1.82, 2.24) is 16.0 Å². The second-order valence-electron chi connectivity index (χ2n) is 7.32. The van der Waals surface area contributed by atoms with Gasteiger partial charge in [0.1, 0.15) is 21.2 Å². The summed E-state index contributed by atoms with van der Waals surface area (Å²) in [6, 6.07) is 8.34. The van der Waals surface area contributed by atoms with Crippen LogP contribution in [0.1, 0.15) is 31.2 Å². The number of carbonyl (C=O) groups is 2. The summed E-state index contributed by atoms with van der Waals surface area (Å²) in [7, 11) is 0. The van der Waals surface area contributed by atoms with E-state index in [0.717, 1.165) is 24.1 Å². The van der Waals surface area contributed by atoms with Crippen LogP contribution >= 0.6 is 35.7 Å². The minimum Gasteiger partial charge on any atom is -0.353 e. The summed E-state index contributed by atoms with van der Waals surface area (Å²) in [5, 5.41) is 9.23. The van der Waals surface area contributed by atoms with Gasteiger partial charge in [0, 0.05) is 11.7 Å². The molecule has 6 nitrogen and oxygen atoms in total. The number of fused-ring (bicyclic) bond motifs is 1. The SMILES string of the molecule is Cc1ccccc1N1C(=S)SC2C(=O)NC(SCC(=O)NC3CCCC3)NC21. The molecule has 0 aromatic heterocycles. The molecule has 3 unspecified atom stereocenters. The molecule has 2 saturated heterocycles. The van der Waals surface area contributed by atoms with Gasteiger partial charge in [0.25, 0.3) is 0 Å². The lowest BCUT2D eigenvalue weighted by atomic mass is 10.1. The van der Waals surface area contributed by atoms with E-state index in [4.69, 9.17) is 12.2 Å². The molecule has 9 heteroatoms. The Balaban J connectivity index is 1.41. The number of carbonyl (C=O) groups excluding carboxylic acids is 2. The van der Waals surface area contributed by atoms with E-state index in [1.54, 1.807) is 0 Å². The van der Waals surface area contributed by atoms with E-state index < -0.39 is 0 Å². The predicted octanol–water partition coefficient (Wildman–Crippen LogP) is 2.32. The molecular weight excluding hydrogens is 412 g/mol. The Kier molecular flexibility index (Phi) is 6.15. The minimum absolute atomic E-state index is 0.0298. The van der Waals surface area contributed by atoms with E-state index >= 15 is 0 Å². The van der Waals surface area contributed by atoms with Crippen LogP contribution in [-0.2, 0) is 9.59 Å². The van der Waals surface area contributed by atoms with Gasteiger partial charge in [-0.3, -0.25) is 14.9 Å². The number of hydrogen-bond acceptors (Lipinski definition) is 6. The van der Waals surface area contributed by atoms with Gasteiger partial charge in [-0.25, -0.2) is 0 Å². The van der Waals surface area contributed by atoms with E-state index in [0.29, 0.717) is 16.1 Å². The Morgan fingerprint density at radius 2 is 2.11 bits per heavy atom. The number of para-hydroxylation sites is 1. The molecular formula is C19H24N4O2S3. The van der Waals surface area contributed by atoms with Crippen LogP contribution in [0.4, 0.5) is 5.69 Å². The number of nitrogens with zero attached hydrogens (tertiary/aromatic N) is 1. The third kappa shape index (κ3) is 4.17. The van der Waals surface area contributed by atoms with Gasteiger partial charge in [0.05, 0.1) is 5.75 Å². The fourth-order valence-corrected chi connectivity index (χ4v) is 6.32. The number of benzene rings is 1. The molecule has 2 heterocycles. The van der Waals surface area contributed by atoms with Crippen molar-refractivity contribution in [2.24, 2.45) is 0 Å². The fraction of sp³-hybridized carbons (Fsp3) is 0.526. The van der Waals surface area contributed by atoms with Crippen LogP contribution in [0.25, 0.3) is 0 Å². The summed E-state index contributed by atoms with van der Waals surface area (Å²) < 4.78 is 0.691. The molecule has 0 spiro atoms. The third-order valence-electron chi connectivity index (χ3n) is 5.32. The van der Waals surface area contributed by atoms with Crippen molar-refractivity contribution in [3.05, 3.63) is 29.8 Å². The molecule has 150 valence electrons. The highest BCUT2D eigenvalue weighted by Gasteiger charge is 2.48. The van der Waals surface area contributed by atoms with Gasteiger partial charge >= 0.3 is 0 Å². The number of thiocarbonyl (C=S) groups is 1. The molecule has 4 rings (SSSR count). The van der Waals surface area contributed by atoms with Crippen LogP contribution < -0.4 is 20.9 Å². The van der Waals surface area contributed by atoms with Crippen molar-refractivity contribution < 1.29 is 9.59 Å². The average Bonchev–Trinajstić information content (AvgIpc) is 3.28. The Morgan fingerprint density at radius 1 is 1.36 bits per heavy atom. The minimum atomic E-state index is -0.323. The monoisotopic (exact) mass is 436 g/mol. The van der Waals surface area contributed by atoms with Crippen molar-refractivity contribution in [3.63, 3.8) is 0 Å². The molecule has 3 aliphatic rings. The molecule has 1 saturated carbocycles. The second kappa shape index (κ2) is 8.61. The Bertz CT molecular complexity index is 784. The van der Waals surface area contributed by atoms with Crippen molar-refractivity contribution in [2.45, 2.75) is 55.6 Å². The zero-order valence-corrected chi connectivity index (χ0v) is 18.1. The van der Waals surface area contributed by atoms with E-state index in [1.165, 1.54) is 36.4 Å². The first-order valence-electron chi connectivity index (χ1n) is 9.56. The zero-order chi connectivity index (χ0) is 19.7. The number of anilines is 1. The van der Waals surface area contributed by atoms with Crippen LogP contribution in [-0.4, -0.2) is 44.8 Å². The van der Waals surface area contributed by atoms with Crippen LogP contribution in [0, 0.1) is 6.92 Å². The quantitative estimate of drug-likeness (QED) is 0.612. The van der Waals surface area contributed by atoms with E-state index in [9.17, 15) is 9.59 Å². The molecule has 0 bridgehead atoms. The van der Waals surface area contributed by atoms with Gasteiger partial charge in [-0.05, 0) is 31.4 Å². The number of amides is 2. The molecule has 2 amide bonds. The summed E-state index contributed by atoms with van der Waals surface area (Å²) in [5.41, 5.74) is 1.80. The molecule has 3 atom stereocenters. The Morgan fingerprint density at radius 3 is 2.86 bits per heavy atom. The van der Waals surface area contributed by atoms with Gasteiger partial charge in [-0.1, -0.05) is 55.0 Å². The summed E-state index contributed by atoms with van der Waals surface area (Å²) in [5.74, 6) is 0.302. The molecule has 3 fully saturated rings. The first-order valence-corrected chi connectivity index (χ1v) is 11.9. The topological polar surface area (TPSA) is 73.5 Å². The highest BCUT2D eigenvalue weighted by atomic mass is 32.2. The van der Waals surface area contributed by atoms with E-state index in [2.05, 4.69) is 16.0 Å². The van der Waals surface area contributed by atoms with E-state index in [-0.39, 0.29) is 28.7 Å². The van der Waals surface area contributed by atoms with Crippen molar-refractivity contribution in [1.29, 1.82) is 0 Å². The van der Waals surface area contributed by atoms with Crippen molar-refractivity contribution in [3.8, 4) is 0 Å². The van der Waals surface area contributed by atoms with Gasteiger partial charge in [-0.2, -0.15) is 0 Å². The molecule has 2 aliphatic heterocycles. The highest BCUT2D eigenvalue weighted by molar-refractivity contribution is 8.24. The lowest BCUT2D eigenvalue weighted by Gasteiger charge is -2.37. The molecule has 28 heavy (non-hydrogen) atoms. The van der Waals surface area contributed by atoms with Gasteiger partial charge < -0.3 is 15.5 Å². The van der Waals surface area contributed by atoms with Crippen LogP contribution in [0.5, 0.6) is 0 Å². The standard InChI is InChI=1S/C19H24N4O2S3/c1-11-6-2-5-9-13(11)23-16-15(28-19(23)26)17(25)22-18(21-16)27-10-14(24)20-12-7-3-4-8-12/h2,5-6,9,12,15-16,18,21H,3-4,7-8,10H2,1H3,(H,20,24)(H,22,25). The van der Waals surface area contributed by atoms with Gasteiger partial charge in [-0.15, -0.1) is 11.8 Å². The van der Waals surface area contributed by atoms with Crippen LogP contribution in [0.2, 0.25) is 0 Å². The second-order valence-corrected chi connectivity index (χ2v) is 10.2. The summed E-state index contributed by atoms with van der Waals surface area (Å²) >= 11 is 8.39. The molecule has 0 radical (unpaired) electrons. The molecule has 1 aromatic carbocycles. The lowest BCUT2D eigenvalue weighted by Crippen LogP contribution is -2.64. The maximum atomic E-state index is 12.6. The lowest BCUT2D eigenvalue weighted by molar-refractivity contribution is -0.123. The summed E-state index contributed by atoms with van der Waals surface area (Å²) in [4.78, 5) is 26.9. The van der Waals surface area contributed by atoms with Gasteiger partial charge in [0.15, 0.2) is 0 Å². The number of thioether (sulfide) groups is 2. The summed E-state index contributed by atoms with van der Waals surface area (Å²) in [6.07, 6.45) is 4.29. The number of aryl methyl sites for hydroxylation is 1. The fourth-order valence-electron chi connectivity index (χ4n) is 3.92. The maximum absolute atomic E-state index is 12.6. The Hall–Kier alpha value is -1.29. The van der Waals surface area contributed by atoms with Crippen molar-refractivity contribution in [2.75, 3.05) is 10.7 Å². The van der Waals surface area contributed by atoms with E-state index in [1.807, 2.05) is 36.1 Å². The van der Waals surface area contributed by atoms with Crippen LogP contribution in [0.3, 0.4) is 0 Å². The molecule has 1 aromatic rings. The maximum Gasteiger partial charge on any atom is 0.238 e. The first-order chi connectivity index (χ1) is 13.5. The number of rotatable bonds is 5. The normalized spacial score (nSPS) is 27.6. The molecule has 3 N–H and O–H groups in total. The highest BCUT2D eigenvalue weighted by Crippen LogP contribution is 2.38. The smallest absolute Gasteiger partial charge is 0.238 e. The Labute approximate surface area is 178 Å². The number of hydrogen-bond donors (Lipinski definition) is 3. The zero-order valence-electron chi connectivity index (χ0n) is 15.6. The number of nitrogens with one attached hydrogen (secondary N) is 3. The van der Waals surface area contributed by atoms with Gasteiger partial charge in [0.2, 0.25) is 11.8 Å². The van der Waals surface area contributed by atoms with Crippen molar-refractivity contribution >= 4 is 57.6 Å². The van der Waals surface area contributed by atoms with Crippen LogP contribution in [0.15, 0.2) is 24.3 Å². The summed E-state index contributed by atoms with van der Waals surface area (Å²) in [6.45, 7) is 2.04. The predicted molar refractivity (Wildman–Crippen MR) is 119 cm³/mol. The average molecular weight is 437 g/mol. The first kappa shape index (κ1) is 20.0. The third-order valence-corrected chi connectivity index (χ3v) is 7.95. The largest absolute Gasteiger partial charge is 0.353 e.